The minimum atomic E-state index is -2.17. The molecule has 5 heteroatoms. The first-order valence-electron chi connectivity index (χ1n) is 4.82. The fraction of sp³-hybridized carbons (Fsp3) is 1.00. The summed E-state index contributed by atoms with van der Waals surface area (Å²) < 4.78 is 11.0. The summed E-state index contributed by atoms with van der Waals surface area (Å²) in [5.41, 5.74) is 0. The Hall–Kier alpha value is 0.530. The lowest BCUT2D eigenvalue weighted by molar-refractivity contribution is 0.240. The van der Waals surface area contributed by atoms with Crippen molar-refractivity contribution in [3.05, 3.63) is 0 Å². The van der Waals surface area contributed by atoms with E-state index in [0.717, 1.165) is 19.4 Å². The summed E-state index contributed by atoms with van der Waals surface area (Å²) in [6, 6.07) is 0. The fourth-order valence-electron chi connectivity index (χ4n) is 0.745. The van der Waals surface area contributed by atoms with Crippen LogP contribution < -0.4 is 5.09 Å². The minimum Gasteiger partial charge on any atom is -0.318 e. The van der Waals surface area contributed by atoms with E-state index in [1.807, 2.05) is 6.92 Å². The Morgan fingerprint density at radius 3 is 1.85 bits per heavy atom. The smallest absolute Gasteiger partial charge is 0.261 e. The van der Waals surface area contributed by atoms with Crippen LogP contribution in [0.2, 0.25) is 0 Å². The van der Waals surface area contributed by atoms with Crippen molar-refractivity contribution in [1.82, 2.24) is 5.09 Å². The van der Waals surface area contributed by atoms with E-state index in [4.69, 9.17) is 20.9 Å². The number of hydrogen-bond donors (Lipinski definition) is 1. The minimum absolute atomic E-state index is 0.675. The van der Waals surface area contributed by atoms with Crippen molar-refractivity contribution in [2.24, 2.45) is 0 Å². The molecule has 0 saturated carbocycles. The van der Waals surface area contributed by atoms with Gasteiger partial charge in [-0.3, -0.25) is 0 Å². The lowest BCUT2D eigenvalue weighted by Crippen LogP contribution is -2.14. The molecular formula is C8H20NO2PS. The second-order valence-corrected chi connectivity index (χ2v) is 5.95. The summed E-state index contributed by atoms with van der Waals surface area (Å²) in [5.74, 6) is 0. The third-order valence-electron chi connectivity index (χ3n) is 1.28. The van der Waals surface area contributed by atoms with Gasteiger partial charge in [-0.25, -0.2) is 5.09 Å². The van der Waals surface area contributed by atoms with Crippen molar-refractivity contribution in [3.63, 3.8) is 0 Å². The first-order valence-corrected chi connectivity index (χ1v) is 7.46. The first kappa shape index (κ1) is 13.5. The maximum Gasteiger partial charge on any atom is 0.261 e. The van der Waals surface area contributed by atoms with E-state index in [1.54, 1.807) is 0 Å². The standard InChI is InChI=1S/C8H20NO2PS/c1-4-7-10-12(13,9-6-3)11-8-5-2/h4-8H2,1-3H3,(H,9,13). The van der Waals surface area contributed by atoms with Gasteiger partial charge in [-0.2, -0.15) is 0 Å². The van der Waals surface area contributed by atoms with Gasteiger partial charge in [-0.15, -0.1) is 0 Å². The van der Waals surface area contributed by atoms with E-state index in [9.17, 15) is 0 Å². The van der Waals surface area contributed by atoms with Crippen molar-refractivity contribution in [3.8, 4) is 0 Å². The van der Waals surface area contributed by atoms with Gasteiger partial charge in [0.2, 0.25) is 0 Å². The van der Waals surface area contributed by atoms with Crippen LogP contribution in [0.4, 0.5) is 0 Å². The first-order chi connectivity index (χ1) is 6.18. The van der Waals surface area contributed by atoms with Crippen LogP contribution in [0.15, 0.2) is 0 Å². The Balaban J connectivity index is 3.92. The summed E-state index contributed by atoms with van der Waals surface area (Å²) in [5, 5.41) is 3.11. The third kappa shape index (κ3) is 6.58. The number of nitrogens with one attached hydrogen (secondary N) is 1. The van der Waals surface area contributed by atoms with Gasteiger partial charge in [0.15, 0.2) is 0 Å². The summed E-state index contributed by atoms with van der Waals surface area (Å²) in [6.45, 7) is 6.10. The normalized spacial score (nSPS) is 11.9. The molecule has 0 atom stereocenters. The van der Waals surface area contributed by atoms with Crippen LogP contribution in [-0.4, -0.2) is 19.8 Å². The molecular weight excluding hydrogens is 205 g/mol. The highest BCUT2D eigenvalue weighted by Crippen LogP contribution is 2.43. The summed E-state index contributed by atoms with van der Waals surface area (Å²) in [6.07, 6.45) is 1.94. The molecule has 13 heavy (non-hydrogen) atoms. The molecule has 0 aliphatic carbocycles. The van der Waals surface area contributed by atoms with Gasteiger partial charge in [-0.05, 0) is 24.6 Å². The molecule has 0 aliphatic heterocycles. The maximum atomic E-state index is 5.51. The van der Waals surface area contributed by atoms with E-state index in [-0.39, 0.29) is 0 Å². The molecule has 0 amide bonds. The van der Waals surface area contributed by atoms with Gasteiger partial charge in [0.25, 0.3) is 6.64 Å². The van der Waals surface area contributed by atoms with Crippen molar-refractivity contribution in [2.75, 3.05) is 19.8 Å². The highest BCUT2D eigenvalue weighted by atomic mass is 32.5. The summed E-state index contributed by atoms with van der Waals surface area (Å²) in [4.78, 5) is 0. The Morgan fingerprint density at radius 2 is 1.54 bits per heavy atom. The van der Waals surface area contributed by atoms with Crippen LogP contribution in [0.1, 0.15) is 33.6 Å². The van der Waals surface area contributed by atoms with Gasteiger partial charge in [0.05, 0.1) is 13.2 Å². The molecule has 1 N–H and O–H groups in total. The summed E-state index contributed by atoms with van der Waals surface area (Å²) in [7, 11) is 0. The van der Waals surface area contributed by atoms with Gasteiger partial charge in [0.1, 0.15) is 0 Å². The van der Waals surface area contributed by atoms with E-state index < -0.39 is 6.64 Å². The van der Waals surface area contributed by atoms with E-state index in [1.165, 1.54) is 0 Å². The zero-order valence-corrected chi connectivity index (χ0v) is 10.4. The van der Waals surface area contributed by atoms with Gasteiger partial charge < -0.3 is 9.05 Å². The molecule has 0 unspecified atom stereocenters. The average molecular weight is 225 g/mol. The van der Waals surface area contributed by atoms with Crippen molar-refractivity contribution in [2.45, 2.75) is 33.6 Å². The molecule has 0 spiro atoms. The lowest BCUT2D eigenvalue weighted by Gasteiger charge is -2.21. The van der Waals surface area contributed by atoms with Crippen LogP contribution in [0.25, 0.3) is 0 Å². The predicted molar refractivity (Wildman–Crippen MR) is 60.4 cm³/mol. The molecule has 0 aliphatic rings. The molecule has 0 bridgehead atoms. The zero-order chi connectivity index (χ0) is 10.2. The van der Waals surface area contributed by atoms with Crippen LogP contribution in [0, 0.1) is 0 Å². The third-order valence-corrected chi connectivity index (χ3v) is 4.05. The molecule has 3 nitrogen and oxygen atoms in total. The molecule has 0 heterocycles. The monoisotopic (exact) mass is 225 g/mol. The van der Waals surface area contributed by atoms with Crippen LogP contribution in [0.5, 0.6) is 0 Å². The van der Waals surface area contributed by atoms with Gasteiger partial charge in [-0.1, -0.05) is 20.8 Å². The Bertz CT molecular complexity index is 154. The average Bonchev–Trinajstić information content (AvgIpc) is 2.12. The molecule has 0 fully saturated rings. The molecule has 0 saturated heterocycles. The fourth-order valence-corrected chi connectivity index (χ4v) is 3.07. The second-order valence-electron chi connectivity index (χ2n) is 2.68. The molecule has 0 rings (SSSR count). The van der Waals surface area contributed by atoms with Crippen molar-refractivity contribution >= 4 is 18.4 Å². The van der Waals surface area contributed by atoms with Crippen molar-refractivity contribution in [1.29, 1.82) is 0 Å². The molecule has 0 aromatic heterocycles. The van der Waals surface area contributed by atoms with Crippen LogP contribution in [-0.2, 0) is 20.9 Å². The largest absolute Gasteiger partial charge is 0.318 e. The molecule has 80 valence electrons. The maximum absolute atomic E-state index is 5.51. The highest BCUT2D eigenvalue weighted by Gasteiger charge is 2.16. The predicted octanol–water partition coefficient (Wildman–Crippen LogP) is 2.67. The zero-order valence-electron chi connectivity index (χ0n) is 8.71. The Morgan fingerprint density at radius 1 is 1.08 bits per heavy atom. The van der Waals surface area contributed by atoms with E-state index in [2.05, 4.69) is 18.9 Å². The lowest BCUT2D eigenvalue weighted by atomic mass is 10.5. The Labute approximate surface area is 86.4 Å². The Kier molecular flexibility index (Phi) is 8.21. The summed E-state index contributed by atoms with van der Waals surface area (Å²) >= 11 is 5.29. The number of rotatable bonds is 8. The highest BCUT2D eigenvalue weighted by molar-refractivity contribution is 8.08. The van der Waals surface area contributed by atoms with Gasteiger partial charge >= 0.3 is 0 Å². The number of hydrogen-bond acceptors (Lipinski definition) is 3. The quantitative estimate of drug-likeness (QED) is 0.643. The molecule has 0 aromatic carbocycles. The SMILES string of the molecule is CCCOP(=S)(NCC)OCCC. The van der Waals surface area contributed by atoms with Crippen LogP contribution in [0.3, 0.4) is 0 Å². The van der Waals surface area contributed by atoms with Crippen LogP contribution >= 0.6 is 6.64 Å². The van der Waals surface area contributed by atoms with Crippen molar-refractivity contribution < 1.29 is 9.05 Å². The van der Waals surface area contributed by atoms with Gasteiger partial charge in [0, 0.05) is 6.54 Å². The molecule has 0 radical (unpaired) electrons. The topological polar surface area (TPSA) is 30.5 Å². The van der Waals surface area contributed by atoms with E-state index in [0.29, 0.717) is 13.2 Å². The molecule has 0 aromatic rings. The second kappa shape index (κ2) is 7.89. The van der Waals surface area contributed by atoms with E-state index >= 15 is 0 Å².